The maximum Gasteiger partial charge on any atom is 0.236 e. The smallest absolute Gasteiger partial charge is 0.236 e. The maximum atomic E-state index is 8.93. The van der Waals surface area contributed by atoms with Crippen molar-refractivity contribution in [3.05, 3.63) is 41.6 Å². The molecule has 0 amide bonds. The molecule has 24 heavy (non-hydrogen) atoms. The Morgan fingerprint density at radius 3 is 2.58 bits per heavy atom. The Morgan fingerprint density at radius 2 is 1.96 bits per heavy atom. The zero-order chi connectivity index (χ0) is 17.3. The molecule has 2 aliphatic rings. The molecule has 8 nitrogen and oxygen atoms in total. The van der Waals surface area contributed by atoms with Gasteiger partial charge in [-0.25, -0.2) is 5.01 Å². The highest BCUT2D eigenvalue weighted by Gasteiger charge is 2.43. The molecule has 1 aromatic carbocycles. The molecule has 0 bridgehead atoms. The second-order valence-electron chi connectivity index (χ2n) is 5.19. The summed E-state index contributed by atoms with van der Waals surface area (Å²) in [6, 6.07) is 12.3. The minimum absolute atomic E-state index is 0.00110. The number of fused-ring (bicyclic) bond motifs is 1. The number of nitrogens with two attached hydrogens (primary N) is 1. The number of nitriles is 2. The first-order valence-electron chi connectivity index (χ1n) is 7.10. The topological polar surface area (TPSA) is 135 Å². The third kappa shape index (κ3) is 2.36. The van der Waals surface area contributed by atoms with Crippen LogP contribution >= 0.6 is 0 Å². The SMILES string of the molecule is CC1=NN(c2ccccc2)C2OC(=N)C(C(N)=C(C#N)C#N)=NC12. The largest absolute Gasteiger partial charge is 0.448 e. The average molecular weight is 319 g/mol. The number of allylic oxidation sites excluding steroid dienone is 1. The van der Waals surface area contributed by atoms with Gasteiger partial charge >= 0.3 is 0 Å². The molecule has 0 aliphatic carbocycles. The molecule has 0 spiro atoms. The predicted octanol–water partition coefficient (Wildman–Crippen LogP) is 1.29. The summed E-state index contributed by atoms with van der Waals surface area (Å²) in [5.41, 5.74) is 6.86. The number of ether oxygens (including phenoxy) is 1. The minimum atomic E-state index is -0.593. The lowest BCUT2D eigenvalue weighted by Gasteiger charge is -2.30. The molecule has 0 aromatic heterocycles. The molecule has 2 heterocycles. The number of hydrogen-bond donors (Lipinski definition) is 2. The van der Waals surface area contributed by atoms with Crippen LogP contribution in [0.5, 0.6) is 0 Å². The summed E-state index contributed by atoms with van der Waals surface area (Å²) in [4.78, 5) is 4.41. The highest BCUT2D eigenvalue weighted by molar-refractivity contribution is 6.45. The van der Waals surface area contributed by atoms with Crippen LogP contribution in [0.15, 0.2) is 51.7 Å². The molecule has 1 aromatic rings. The van der Waals surface area contributed by atoms with Crippen LogP contribution in [-0.4, -0.2) is 29.6 Å². The molecule has 0 radical (unpaired) electrons. The summed E-state index contributed by atoms with van der Waals surface area (Å²) in [5.74, 6) is -0.289. The lowest BCUT2D eigenvalue weighted by atomic mass is 10.1. The van der Waals surface area contributed by atoms with Crippen LogP contribution < -0.4 is 10.7 Å². The highest BCUT2D eigenvalue weighted by atomic mass is 16.5. The summed E-state index contributed by atoms with van der Waals surface area (Å²) >= 11 is 0. The van der Waals surface area contributed by atoms with E-state index in [0.29, 0.717) is 5.71 Å². The molecule has 2 aliphatic heterocycles. The Morgan fingerprint density at radius 1 is 1.29 bits per heavy atom. The number of para-hydroxylation sites is 1. The van der Waals surface area contributed by atoms with Crippen molar-refractivity contribution in [2.24, 2.45) is 15.8 Å². The van der Waals surface area contributed by atoms with Crippen molar-refractivity contribution < 1.29 is 4.74 Å². The van der Waals surface area contributed by atoms with Gasteiger partial charge in [0.25, 0.3) is 0 Å². The van der Waals surface area contributed by atoms with Crippen molar-refractivity contribution in [3.8, 4) is 12.1 Å². The van der Waals surface area contributed by atoms with Crippen LogP contribution in [0, 0.1) is 28.1 Å². The second-order valence-corrected chi connectivity index (χ2v) is 5.19. The summed E-state index contributed by atoms with van der Waals surface area (Å²) in [7, 11) is 0. The van der Waals surface area contributed by atoms with Crippen molar-refractivity contribution in [2.45, 2.75) is 19.2 Å². The molecule has 3 rings (SSSR count). The van der Waals surface area contributed by atoms with E-state index in [0.717, 1.165) is 5.69 Å². The predicted molar refractivity (Wildman–Crippen MR) is 88.3 cm³/mol. The Labute approximate surface area is 138 Å². The van der Waals surface area contributed by atoms with Crippen molar-refractivity contribution in [2.75, 3.05) is 5.01 Å². The molecule has 0 fully saturated rings. The number of hydrazone groups is 1. The fraction of sp³-hybridized carbons (Fsp3) is 0.188. The van der Waals surface area contributed by atoms with Gasteiger partial charge in [-0.3, -0.25) is 10.4 Å². The quantitative estimate of drug-likeness (QED) is 0.792. The molecule has 8 heteroatoms. The monoisotopic (exact) mass is 319 g/mol. The summed E-state index contributed by atoms with van der Waals surface area (Å²) in [6.07, 6.45) is -0.593. The Kier molecular flexibility index (Phi) is 3.72. The Bertz CT molecular complexity index is 854. The fourth-order valence-electron chi connectivity index (χ4n) is 2.51. The van der Waals surface area contributed by atoms with Gasteiger partial charge in [-0.1, -0.05) is 18.2 Å². The molecule has 0 saturated carbocycles. The van der Waals surface area contributed by atoms with Gasteiger partial charge in [0.05, 0.1) is 17.1 Å². The van der Waals surface area contributed by atoms with E-state index in [1.165, 1.54) is 0 Å². The molecular weight excluding hydrogens is 306 g/mol. The van der Waals surface area contributed by atoms with Gasteiger partial charge in [-0.15, -0.1) is 0 Å². The van der Waals surface area contributed by atoms with E-state index in [9.17, 15) is 0 Å². The van der Waals surface area contributed by atoms with Crippen LogP contribution in [0.1, 0.15) is 6.92 Å². The average Bonchev–Trinajstić information content (AvgIpc) is 2.92. The van der Waals surface area contributed by atoms with Gasteiger partial charge in [0.15, 0.2) is 5.57 Å². The summed E-state index contributed by atoms with van der Waals surface area (Å²) in [6.45, 7) is 1.80. The third-order valence-corrected chi connectivity index (χ3v) is 3.70. The first-order chi connectivity index (χ1) is 11.6. The molecule has 2 unspecified atom stereocenters. The fourth-order valence-corrected chi connectivity index (χ4v) is 2.51. The van der Waals surface area contributed by atoms with Crippen LogP contribution in [0.25, 0.3) is 0 Å². The summed E-state index contributed by atoms with van der Waals surface area (Å²) < 4.78 is 5.65. The molecule has 2 atom stereocenters. The van der Waals surface area contributed by atoms with Gasteiger partial charge < -0.3 is 10.5 Å². The van der Waals surface area contributed by atoms with Gasteiger partial charge in [0.2, 0.25) is 12.1 Å². The van der Waals surface area contributed by atoms with E-state index < -0.39 is 12.3 Å². The number of anilines is 1. The molecule has 0 saturated heterocycles. The molecule has 3 N–H and O–H groups in total. The second kappa shape index (κ2) is 5.86. The van der Waals surface area contributed by atoms with E-state index in [1.54, 1.807) is 24.1 Å². The van der Waals surface area contributed by atoms with Crippen LogP contribution in [0.4, 0.5) is 5.69 Å². The summed E-state index contributed by atoms with van der Waals surface area (Å²) in [5, 5.41) is 32.0. The zero-order valence-corrected chi connectivity index (χ0v) is 12.8. The number of rotatable bonds is 2. The molecule has 118 valence electrons. The van der Waals surface area contributed by atoms with Crippen molar-refractivity contribution in [1.82, 2.24) is 0 Å². The van der Waals surface area contributed by atoms with E-state index in [4.69, 9.17) is 26.4 Å². The van der Waals surface area contributed by atoms with Gasteiger partial charge in [0.1, 0.15) is 23.9 Å². The van der Waals surface area contributed by atoms with Crippen LogP contribution in [0.3, 0.4) is 0 Å². The van der Waals surface area contributed by atoms with Crippen LogP contribution in [0.2, 0.25) is 0 Å². The maximum absolute atomic E-state index is 8.93. The third-order valence-electron chi connectivity index (χ3n) is 3.70. The van der Waals surface area contributed by atoms with E-state index in [2.05, 4.69) is 10.1 Å². The number of nitrogens with zero attached hydrogens (tertiary/aromatic N) is 5. The number of benzene rings is 1. The lowest BCUT2D eigenvalue weighted by molar-refractivity contribution is 0.181. The van der Waals surface area contributed by atoms with E-state index in [1.807, 2.05) is 30.3 Å². The van der Waals surface area contributed by atoms with E-state index in [-0.39, 0.29) is 22.9 Å². The first kappa shape index (κ1) is 15.3. The van der Waals surface area contributed by atoms with Crippen molar-refractivity contribution in [3.63, 3.8) is 0 Å². The zero-order valence-electron chi connectivity index (χ0n) is 12.8. The molecular formula is C16H13N7O. The Balaban J connectivity index is 2.01. The van der Waals surface area contributed by atoms with Crippen molar-refractivity contribution >= 4 is 23.0 Å². The van der Waals surface area contributed by atoms with Gasteiger partial charge in [0, 0.05) is 0 Å². The first-order valence-corrected chi connectivity index (χ1v) is 7.10. The standard InChI is InChI=1S/C16H13N7O/c1-9-13-16(23(22-9)11-5-3-2-4-6-11)24-15(20)14(21-13)12(19)10(7-17)8-18/h2-6,13,16,20H,19H2,1H3. The highest BCUT2D eigenvalue weighted by Crippen LogP contribution is 2.30. The number of hydrogen-bond acceptors (Lipinski definition) is 8. The van der Waals surface area contributed by atoms with Crippen LogP contribution in [-0.2, 0) is 4.74 Å². The lowest BCUT2D eigenvalue weighted by Crippen LogP contribution is -2.47. The normalized spacial score (nSPS) is 21.6. The number of aliphatic imine (C=N–C) groups is 1. The van der Waals surface area contributed by atoms with Gasteiger partial charge in [-0.2, -0.15) is 15.6 Å². The van der Waals surface area contributed by atoms with E-state index >= 15 is 0 Å². The number of nitrogens with one attached hydrogen (secondary N) is 1. The van der Waals surface area contributed by atoms with Crippen molar-refractivity contribution in [1.29, 1.82) is 15.9 Å². The van der Waals surface area contributed by atoms with Gasteiger partial charge in [-0.05, 0) is 19.1 Å². The minimum Gasteiger partial charge on any atom is -0.448 e. The Hall–Kier alpha value is -3.65.